The van der Waals surface area contributed by atoms with Crippen molar-refractivity contribution in [2.24, 2.45) is 5.92 Å². The first-order valence-electron chi connectivity index (χ1n) is 13.0. The van der Waals surface area contributed by atoms with Crippen LogP contribution in [0.15, 0.2) is 47.4 Å². The number of benzene rings is 2. The summed E-state index contributed by atoms with van der Waals surface area (Å²) in [5, 5.41) is 3.35. The number of ketones is 1. The Hall–Kier alpha value is -2.55. The van der Waals surface area contributed by atoms with E-state index in [0.29, 0.717) is 34.4 Å². The summed E-state index contributed by atoms with van der Waals surface area (Å²) in [5.41, 5.74) is 1.45. The third-order valence-corrected chi connectivity index (χ3v) is 8.01. The van der Waals surface area contributed by atoms with E-state index in [4.69, 9.17) is 21.1 Å². The van der Waals surface area contributed by atoms with Gasteiger partial charge in [0.15, 0.2) is 5.78 Å². The Morgan fingerprint density at radius 3 is 2.53 bits per heavy atom. The monoisotopic (exact) mass is 558 g/mol. The Balaban J connectivity index is 1.58. The fourth-order valence-corrected chi connectivity index (χ4v) is 5.76. The molecule has 4 rings (SSSR count). The lowest BCUT2D eigenvalue weighted by Gasteiger charge is -2.27. The van der Waals surface area contributed by atoms with Crippen molar-refractivity contribution in [3.05, 3.63) is 58.6 Å². The number of nitrogens with one attached hydrogen (secondary N) is 1. The van der Waals surface area contributed by atoms with Gasteiger partial charge < -0.3 is 19.7 Å². The maximum absolute atomic E-state index is 13.8. The number of thioether (sulfide) groups is 1. The van der Waals surface area contributed by atoms with Gasteiger partial charge in [-0.1, -0.05) is 29.8 Å². The van der Waals surface area contributed by atoms with Crippen LogP contribution in [0.5, 0.6) is 0 Å². The summed E-state index contributed by atoms with van der Waals surface area (Å²) < 4.78 is 10.8. The van der Waals surface area contributed by atoms with Crippen molar-refractivity contribution >= 4 is 46.8 Å². The van der Waals surface area contributed by atoms with Gasteiger partial charge in [-0.05, 0) is 75.8 Å². The first-order valence-corrected chi connectivity index (χ1v) is 14.4. The fourth-order valence-electron chi connectivity index (χ4n) is 4.58. The zero-order valence-electron chi connectivity index (χ0n) is 22.1. The summed E-state index contributed by atoms with van der Waals surface area (Å²) in [7, 11) is 0. The van der Waals surface area contributed by atoms with E-state index in [9.17, 15) is 14.4 Å². The minimum atomic E-state index is -0.790. The third kappa shape index (κ3) is 7.74. The number of anilines is 1. The molecule has 2 heterocycles. The van der Waals surface area contributed by atoms with Crippen molar-refractivity contribution in [1.82, 2.24) is 5.32 Å². The van der Waals surface area contributed by atoms with E-state index in [0.717, 1.165) is 42.9 Å². The highest BCUT2D eigenvalue weighted by atomic mass is 35.5. The largest absolute Gasteiger partial charge is 0.444 e. The standard InChI is InChI=1S/C29H35ClN2O5S/c1-29(2,3)37-28(35)31-23-18-38-26-11-7-21(25(33)10-6-19-12-14-36-15-13-19)16-24(26)32(27(23)34)17-20-4-8-22(30)9-5-20/h4-5,7-9,11,16,19,23H,6,10,12-15,17-18H2,1-3H3,(H,31,35)/t23-/m0/s1. The minimum Gasteiger partial charge on any atom is -0.444 e. The Bertz CT molecular complexity index is 1160. The zero-order valence-corrected chi connectivity index (χ0v) is 23.7. The van der Waals surface area contributed by atoms with Crippen LogP contribution in [0.2, 0.25) is 5.02 Å². The van der Waals surface area contributed by atoms with Gasteiger partial charge in [-0.2, -0.15) is 0 Å². The Morgan fingerprint density at radius 1 is 1.13 bits per heavy atom. The number of hydrogen-bond acceptors (Lipinski definition) is 6. The van der Waals surface area contributed by atoms with Crippen LogP contribution in [0.4, 0.5) is 10.5 Å². The zero-order chi connectivity index (χ0) is 27.3. The first kappa shape index (κ1) is 28.5. The highest BCUT2D eigenvalue weighted by Crippen LogP contribution is 2.37. The molecule has 0 spiro atoms. The van der Waals surface area contributed by atoms with E-state index >= 15 is 0 Å². The van der Waals surface area contributed by atoms with E-state index in [2.05, 4.69) is 5.32 Å². The van der Waals surface area contributed by atoms with Crippen molar-refractivity contribution in [2.75, 3.05) is 23.9 Å². The maximum atomic E-state index is 13.8. The average Bonchev–Trinajstić information content (AvgIpc) is 3.00. The van der Waals surface area contributed by atoms with E-state index in [1.807, 2.05) is 30.3 Å². The molecule has 204 valence electrons. The van der Waals surface area contributed by atoms with Crippen LogP contribution >= 0.6 is 23.4 Å². The molecule has 2 aliphatic rings. The molecule has 1 saturated heterocycles. The van der Waals surface area contributed by atoms with Gasteiger partial charge >= 0.3 is 6.09 Å². The molecular formula is C29H35ClN2O5S. The molecule has 2 aromatic carbocycles. The summed E-state index contributed by atoms with van der Waals surface area (Å²) in [6.07, 6.45) is 2.64. The molecule has 7 nitrogen and oxygen atoms in total. The number of nitrogens with zero attached hydrogens (tertiary/aromatic N) is 1. The molecule has 2 aromatic rings. The molecule has 1 fully saturated rings. The van der Waals surface area contributed by atoms with Gasteiger partial charge in [0.2, 0.25) is 0 Å². The number of hydrogen-bond donors (Lipinski definition) is 1. The van der Waals surface area contributed by atoms with Crippen LogP contribution < -0.4 is 10.2 Å². The lowest BCUT2D eigenvalue weighted by molar-refractivity contribution is -0.120. The molecule has 0 aliphatic carbocycles. The van der Waals surface area contributed by atoms with Gasteiger partial charge in [-0.15, -0.1) is 11.8 Å². The summed E-state index contributed by atoms with van der Waals surface area (Å²) in [6.45, 7) is 7.12. The third-order valence-electron chi connectivity index (χ3n) is 6.61. The number of fused-ring (bicyclic) bond motifs is 1. The second-order valence-corrected chi connectivity index (χ2v) is 12.3. The second-order valence-electron chi connectivity index (χ2n) is 10.8. The van der Waals surface area contributed by atoms with Crippen LogP contribution in [0.25, 0.3) is 0 Å². The van der Waals surface area contributed by atoms with E-state index < -0.39 is 17.7 Å². The molecule has 9 heteroatoms. The SMILES string of the molecule is CC(C)(C)OC(=O)N[C@H]1CSc2ccc(C(=O)CCC3CCOCC3)cc2N(Cc2ccc(Cl)cc2)C1=O. The maximum Gasteiger partial charge on any atom is 0.408 e. The molecule has 0 bridgehead atoms. The summed E-state index contributed by atoms with van der Waals surface area (Å²) >= 11 is 7.55. The normalized spacial score (nSPS) is 18.5. The quantitative estimate of drug-likeness (QED) is 0.404. The Morgan fingerprint density at radius 2 is 1.84 bits per heavy atom. The van der Waals surface area contributed by atoms with Gasteiger partial charge in [-0.3, -0.25) is 9.59 Å². The van der Waals surface area contributed by atoms with Crippen molar-refractivity contribution in [2.45, 2.75) is 69.5 Å². The van der Waals surface area contributed by atoms with Gasteiger partial charge in [0.25, 0.3) is 5.91 Å². The van der Waals surface area contributed by atoms with Crippen LogP contribution in [0, 0.1) is 5.92 Å². The van der Waals surface area contributed by atoms with Crippen molar-refractivity contribution in [3.63, 3.8) is 0 Å². The lowest BCUT2D eigenvalue weighted by Crippen LogP contribution is -2.50. The number of ether oxygens (including phenoxy) is 2. The molecule has 2 aliphatic heterocycles. The van der Waals surface area contributed by atoms with Gasteiger partial charge in [-0.25, -0.2) is 4.79 Å². The van der Waals surface area contributed by atoms with Gasteiger partial charge in [0.05, 0.1) is 12.2 Å². The van der Waals surface area contributed by atoms with Crippen LogP contribution in [-0.4, -0.2) is 48.4 Å². The Kier molecular flexibility index (Phi) is 9.39. The number of carbonyl (C=O) groups is 3. The number of Topliss-reactive ketones (excluding diaryl/α,β-unsaturated/α-hetero) is 1. The number of carbonyl (C=O) groups excluding carboxylic acids is 3. The van der Waals surface area contributed by atoms with Crippen LogP contribution in [0.1, 0.15) is 62.4 Å². The number of amides is 2. The van der Waals surface area contributed by atoms with Crippen LogP contribution in [0.3, 0.4) is 0 Å². The summed E-state index contributed by atoms with van der Waals surface area (Å²) in [5.74, 6) is 0.658. The van der Waals surface area contributed by atoms with E-state index in [-0.39, 0.29) is 18.2 Å². The number of rotatable bonds is 7. The first-order chi connectivity index (χ1) is 18.1. The molecular weight excluding hydrogens is 524 g/mol. The van der Waals surface area contributed by atoms with Gasteiger partial charge in [0.1, 0.15) is 11.6 Å². The van der Waals surface area contributed by atoms with Crippen LogP contribution in [-0.2, 0) is 20.8 Å². The topological polar surface area (TPSA) is 84.9 Å². The molecule has 2 amide bonds. The molecule has 38 heavy (non-hydrogen) atoms. The molecule has 1 atom stereocenters. The molecule has 1 N–H and O–H groups in total. The highest BCUT2D eigenvalue weighted by Gasteiger charge is 2.33. The molecule has 0 aromatic heterocycles. The number of alkyl carbamates (subject to hydrolysis) is 1. The van der Waals surface area contributed by atoms with Crippen molar-refractivity contribution in [1.29, 1.82) is 0 Å². The molecule has 0 unspecified atom stereocenters. The lowest BCUT2D eigenvalue weighted by atomic mass is 9.92. The molecule has 0 radical (unpaired) electrons. The average molecular weight is 559 g/mol. The molecule has 0 saturated carbocycles. The smallest absolute Gasteiger partial charge is 0.408 e. The van der Waals surface area contributed by atoms with E-state index in [1.165, 1.54) is 11.8 Å². The second kappa shape index (κ2) is 12.5. The van der Waals surface area contributed by atoms with E-state index in [1.54, 1.807) is 37.8 Å². The minimum absolute atomic E-state index is 0.0656. The predicted octanol–water partition coefficient (Wildman–Crippen LogP) is 6.26. The summed E-state index contributed by atoms with van der Waals surface area (Å²) in [6, 6.07) is 12.1. The number of halogens is 1. The predicted molar refractivity (Wildman–Crippen MR) is 150 cm³/mol. The fraction of sp³-hybridized carbons (Fsp3) is 0.483. The van der Waals surface area contributed by atoms with Crippen molar-refractivity contribution in [3.8, 4) is 0 Å². The van der Waals surface area contributed by atoms with Gasteiger partial charge in [0, 0.05) is 40.9 Å². The summed E-state index contributed by atoms with van der Waals surface area (Å²) in [4.78, 5) is 42.0. The van der Waals surface area contributed by atoms with Crippen molar-refractivity contribution < 1.29 is 23.9 Å². The Labute approximate surface area is 233 Å². The highest BCUT2D eigenvalue weighted by molar-refractivity contribution is 7.99.